The van der Waals surface area contributed by atoms with Crippen LogP contribution in [-0.2, 0) is 9.53 Å². The number of hydrogen-bond donors (Lipinski definition) is 1. The van der Waals surface area contributed by atoms with E-state index >= 15 is 0 Å². The summed E-state index contributed by atoms with van der Waals surface area (Å²) in [4.78, 5) is 36.0. The third kappa shape index (κ3) is 4.67. The molecule has 5 nitrogen and oxygen atoms in total. The minimum Gasteiger partial charge on any atom is -0.444 e. The fourth-order valence-corrected chi connectivity index (χ4v) is 2.51. The maximum atomic E-state index is 13.1. The van der Waals surface area contributed by atoms with Crippen molar-refractivity contribution in [2.24, 2.45) is 0 Å². The second kappa shape index (κ2) is 8.73. The zero-order chi connectivity index (χ0) is 19.9. The summed E-state index contributed by atoms with van der Waals surface area (Å²) in [7, 11) is 0. The summed E-state index contributed by atoms with van der Waals surface area (Å²) in [5.74, 6) is -1.71. The van der Waals surface area contributed by atoms with Gasteiger partial charge in [-0.2, -0.15) is 0 Å². The number of anilines is 1. The van der Waals surface area contributed by atoms with Crippen LogP contribution in [0.3, 0.4) is 0 Å². The van der Waals surface area contributed by atoms with Gasteiger partial charge in [0.2, 0.25) is 6.10 Å². The maximum Gasteiger partial charge on any atom is 0.339 e. The molecule has 1 atom stereocenters. The summed E-state index contributed by atoms with van der Waals surface area (Å²) in [5.41, 5.74) is 1.49. The van der Waals surface area contributed by atoms with Crippen molar-refractivity contribution in [2.75, 3.05) is 5.32 Å². The number of amides is 1. The lowest BCUT2D eigenvalue weighted by molar-refractivity contribution is -0.125. The Bertz CT molecular complexity index is 970. The molecule has 0 saturated carbocycles. The van der Waals surface area contributed by atoms with Gasteiger partial charge in [-0.1, -0.05) is 42.5 Å². The highest BCUT2D eigenvalue weighted by molar-refractivity contribution is 5.98. The number of nitrogens with one attached hydrogen (secondary N) is 1. The van der Waals surface area contributed by atoms with Gasteiger partial charge in [0.05, 0.1) is 5.56 Å². The predicted octanol–water partition coefficient (Wildman–Crippen LogP) is 4.18. The number of halogens is 1. The highest BCUT2D eigenvalue weighted by atomic mass is 19.1. The molecule has 6 heteroatoms. The molecule has 0 saturated heterocycles. The van der Waals surface area contributed by atoms with Crippen molar-refractivity contribution in [3.05, 3.63) is 101 Å². The average Bonchev–Trinajstić information content (AvgIpc) is 2.74. The van der Waals surface area contributed by atoms with Crippen LogP contribution in [0.1, 0.15) is 32.4 Å². The number of ether oxygens (including phenoxy) is 1. The lowest BCUT2D eigenvalue weighted by Gasteiger charge is -2.18. The standard InChI is InChI=1S/C22H16FNO4/c23-18-10-12-19(13-11-18)24-21(26)20(16-4-2-1-3-5-16)28-22(27)17-8-6-15(14-25)7-9-17/h1-14,20H,(H,24,26)/t20-/m1/s1. The van der Waals surface area contributed by atoms with Crippen LogP contribution in [0.25, 0.3) is 0 Å². The second-order valence-corrected chi connectivity index (χ2v) is 5.93. The van der Waals surface area contributed by atoms with Crippen LogP contribution in [-0.4, -0.2) is 18.2 Å². The molecule has 1 amide bonds. The summed E-state index contributed by atoms with van der Waals surface area (Å²) in [5, 5.41) is 2.61. The second-order valence-electron chi connectivity index (χ2n) is 5.93. The number of aldehydes is 1. The first-order chi connectivity index (χ1) is 13.6. The SMILES string of the molecule is O=Cc1ccc(C(=O)O[C@@H](C(=O)Nc2ccc(F)cc2)c2ccccc2)cc1. The van der Waals surface area contributed by atoms with Crippen LogP contribution in [0.2, 0.25) is 0 Å². The van der Waals surface area contributed by atoms with Crippen LogP contribution in [0.4, 0.5) is 10.1 Å². The van der Waals surface area contributed by atoms with E-state index in [0.29, 0.717) is 23.1 Å². The molecule has 0 aliphatic rings. The van der Waals surface area contributed by atoms with Gasteiger partial charge in [0, 0.05) is 16.8 Å². The molecule has 0 fully saturated rings. The molecule has 0 aliphatic heterocycles. The third-order valence-corrected chi connectivity index (χ3v) is 3.96. The topological polar surface area (TPSA) is 72.5 Å². The van der Waals surface area contributed by atoms with E-state index in [1.54, 1.807) is 30.3 Å². The molecule has 140 valence electrons. The lowest BCUT2D eigenvalue weighted by atomic mass is 10.1. The Labute approximate surface area is 160 Å². The summed E-state index contributed by atoms with van der Waals surface area (Å²) in [6.07, 6.45) is -0.539. The number of rotatable bonds is 6. The van der Waals surface area contributed by atoms with Crippen molar-refractivity contribution < 1.29 is 23.5 Å². The number of hydrogen-bond acceptors (Lipinski definition) is 4. The Hall–Kier alpha value is -3.80. The Balaban J connectivity index is 1.82. The molecule has 28 heavy (non-hydrogen) atoms. The summed E-state index contributed by atoms with van der Waals surface area (Å²) in [6, 6.07) is 19.7. The molecule has 0 aliphatic carbocycles. The van der Waals surface area contributed by atoms with E-state index < -0.39 is 23.8 Å². The summed E-state index contributed by atoms with van der Waals surface area (Å²) < 4.78 is 18.5. The Kier molecular flexibility index (Phi) is 5.91. The van der Waals surface area contributed by atoms with Gasteiger partial charge in [-0.05, 0) is 36.4 Å². The molecule has 3 aromatic rings. The largest absolute Gasteiger partial charge is 0.444 e. The van der Waals surface area contributed by atoms with Gasteiger partial charge in [0.1, 0.15) is 12.1 Å². The fraction of sp³-hybridized carbons (Fsp3) is 0.0455. The third-order valence-electron chi connectivity index (χ3n) is 3.96. The molecule has 3 rings (SSSR count). The van der Waals surface area contributed by atoms with Gasteiger partial charge in [-0.3, -0.25) is 9.59 Å². The molecule has 0 heterocycles. The fourth-order valence-electron chi connectivity index (χ4n) is 2.51. The van der Waals surface area contributed by atoms with E-state index in [1.807, 2.05) is 0 Å². The smallest absolute Gasteiger partial charge is 0.339 e. The summed E-state index contributed by atoms with van der Waals surface area (Å²) >= 11 is 0. The van der Waals surface area contributed by atoms with E-state index in [4.69, 9.17) is 4.74 Å². The van der Waals surface area contributed by atoms with Crippen molar-refractivity contribution in [1.82, 2.24) is 0 Å². The highest BCUT2D eigenvalue weighted by Crippen LogP contribution is 2.22. The minimum absolute atomic E-state index is 0.209. The molecule has 0 spiro atoms. The Morgan fingerprint density at radius 3 is 2.14 bits per heavy atom. The van der Waals surface area contributed by atoms with Gasteiger partial charge < -0.3 is 10.1 Å². The molecular formula is C22H16FNO4. The normalized spacial score (nSPS) is 11.3. The van der Waals surface area contributed by atoms with Crippen molar-refractivity contribution in [3.63, 3.8) is 0 Å². The van der Waals surface area contributed by atoms with Crippen LogP contribution in [0, 0.1) is 5.82 Å². The summed E-state index contributed by atoms with van der Waals surface area (Å²) in [6.45, 7) is 0. The minimum atomic E-state index is -1.20. The van der Waals surface area contributed by atoms with Crippen molar-refractivity contribution in [2.45, 2.75) is 6.10 Å². The monoisotopic (exact) mass is 377 g/mol. The van der Waals surface area contributed by atoms with Crippen LogP contribution in [0.15, 0.2) is 78.9 Å². The zero-order valence-electron chi connectivity index (χ0n) is 14.7. The molecule has 0 bridgehead atoms. The molecule has 0 unspecified atom stereocenters. The average molecular weight is 377 g/mol. The molecule has 3 aromatic carbocycles. The first-order valence-corrected chi connectivity index (χ1v) is 8.44. The molecular weight excluding hydrogens is 361 g/mol. The van der Waals surface area contributed by atoms with E-state index in [1.165, 1.54) is 48.5 Å². The number of benzene rings is 3. The van der Waals surface area contributed by atoms with Gasteiger partial charge in [0.15, 0.2) is 0 Å². The van der Waals surface area contributed by atoms with Crippen LogP contribution >= 0.6 is 0 Å². The molecule has 0 aromatic heterocycles. The predicted molar refractivity (Wildman–Crippen MR) is 101 cm³/mol. The van der Waals surface area contributed by atoms with E-state index in [-0.39, 0.29) is 5.56 Å². The Morgan fingerprint density at radius 2 is 1.54 bits per heavy atom. The van der Waals surface area contributed by atoms with Gasteiger partial charge >= 0.3 is 5.97 Å². The van der Waals surface area contributed by atoms with E-state index in [2.05, 4.69) is 5.32 Å². The van der Waals surface area contributed by atoms with Gasteiger partial charge in [0.25, 0.3) is 5.91 Å². The van der Waals surface area contributed by atoms with Crippen molar-refractivity contribution in [1.29, 1.82) is 0 Å². The van der Waals surface area contributed by atoms with Crippen LogP contribution in [0.5, 0.6) is 0 Å². The van der Waals surface area contributed by atoms with E-state index in [0.717, 1.165) is 0 Å². The number of esters is 1. The number of carbonyl (C=O) groups is 3. The quantitative estimate of drug-likeness (QED) is 0.517. The molecule has 0 radical (unpaired) electrons. The lowest BCUT2D eigenvalue weighted by Crippen LogP contribution is -2.26. The van der Waals surface area contributed by atoms with Crippen LogP contribution < -0.4 is 5.32 Å². The number of carbonyl (C=O) groups excluding carboxylic acids is 3. The first kappa shape index (κ1) is 19.0. The Morgan fingerprint density at radius 1 is 0.893 bits per heavy atom. The van der Waals surface area contributed by atoms with Gasteiger partial charge in [-0.15, -0.1) is 0 Å². The highest BCUT2D eigenvalue weighted by Gasteiger charge is 2.25. The molecule has 1 N–H and O–H groups in total. The van der Waals surface area contributed by atoms with Gasteiger partial charge in [-0.25, -0.2) is 9.18 Å². The zero-order valence-corrected chi connectivity index (χ0v) is 14.7. The van der Waals surface area contributed by atoms with Crippen molar-refractivity contribution in [3.8, 4) is 0 Å². The first-order valence-electron chi connectivity index (χ1n) is 8.44. The van der Waals surface area contributed by atoms with Crippen molar-refractivity contribution >= 4 is 23.9 Å². The van der Waals surface area contributed by atoms with E-state index in [9.17, 15) is 18.8 Å². The maximum absolute atomic E-state index is 13.1.